The molecule has 2 rings (SSSR count). The number of methoxy groups -OCH3 is 2. The van der Waals surface area contributed by atoms with Gasteiger partial charge in [-0.2, -0.15) is 0 Å². The molecule has 138 valence electrons. The zero-order chi connectivity index (χ0) is 18.4. The summed E-state index contributed by atoms with van der Waals surface area (Å²) in [6, 6.07) is 4.15. The van der Waals surface area contributed by atoms with Gasteiger partial charge in [0.1, 0.15) is 17.8 Å². The molecule has 1 saturated carbocycles. The van der Waals surface area contributed by atoms with E-state index in [0.717, 1.165) is 40.9 Å². The van der Waals surface area contributed by atoms with Gasteiger partial charge in [-0.05, 0) is 55.7 Å². The second-order valence-electron chi connectivity index (χ2n) is 7.20. The third kappa shape index (κ3) is 4.77. The number of aldehydes is 1. The van der Waals surface area contributed by atoms with Crippen LogP contribution in [0.15, 0.2) is 23.9 Å². The number of carbonyl (C=O) groups is 1. The molecule has 0 saturated heterocycles. The lowest BCUT2D eigenvalue weighted by molar-refractivity contribution is -0.105. The SMILES string of the molecule is COc1cc(C(CC(C=O)=CN(C)C)C2CCCC2)c(OC)cc1C. The van der Waals surface area contributed by atoms with Crippen LogP contribution in [0.5, 0.6) is 11.5 Å². The van der Waals surface area contributed by atoms with Gasteiger partial charge in [0.15, 0.2) is 0 Å². The normalized spacial score (nSPS) is 16.6. The summed E-state index contributed by atoms with van der Waals surface area (Å²) in [4.78, 5) is 13.5. The molecule has 0 amide bonds. The number of aryl methyl sites for hydroxylation is 1. The Morgan fingerprint density at radius 3 is 2.36 bits per heavy atom. The standard InChI is InChI=1S/C21H31NO3/c1-15-10-21(25-5)19(12-20(15)24-4)18(17-8-6-7-9-17)11-16(14-23)13-22(2)3/h10,12-14,17-18H,6-9,11H2,1-5H3. The first-order valence-electron chi connectivity index (χ1n) is 9.05. The van der Waals surface area contributed by atoms with Crippen molar-refractivity contribution in [2.75, 3.05) is 28.3 Å². The van der Waals surface area contributed by atoms with E-state index in [0.29, 0.717) is 5.92 Å². The Morgan fingerprint density at radius 2 is 1.84 bits per heavy atom. The molecular weight excluding hydrogens is 314 g/mol. The monoisotopic (exact) mass is 345 g/mol. The van der Waals surface area contributed by atoms with E-state index in [4.69, 9.17) is 9.47 Å². The zero-order valence-electron chi connectivity index (χ0n) is 16.2. The van der Waals surface area contributed by atoms with Crippen molar-refractivity contribution in [3.05, 3.63) is 35.0 Å². The van der Waals surface area contributed by atoms with Crippen molar-refractivity contribution in [3.8, 4) is 11.5 Å². The van der Waals surface area contributed by atoms with Crippen LogP contribution in [-0.2, 0) is 4.79 Å². The van der Waals surface area contributed by atoms with Crippen LogP contribution in [0.25, 0.3) is 0 Å². The lowest BCUT2D eigenvalue weighted by Gasteiger charge is -2.27. The first-order valence-corrected chi connectivity index (χ1v) is 9.05. The van der Waals surface area contributed by atoms with Crippen molar-refractivity contribution in [2.45, 2.75) is 44.9 Å². The molecule has 1 atom stereocenters. The van der Waals surface area contributed by atoms with Crippen LogP contribution >= 0.6 is 0 Å². The highest BCUT2D eigenvalue weighted by molar-refractivity contribution is 5.73. The lowest BCUT2D eigenvalue weighted by Crippen LogP contribution is -2.14. The summed E-state index contributed by atoms with van der Waals surface area (Å²) in [7, 11) is 7.31. The Balaban J connectivity index is 2.46. The van der Waals surface area contributed by atoms with Crippen molar-refractivity contribution < 1.29 is 14.3 Å². The van der Waals surface area contributed by atoms with Crippen LogP contribution in [0.3, 0.4) is 0 Å². The molecule has 1 fully saturated rings. The number of hydrogen-bond donors (Lipinski definition) is 0. The summed E-state index contributed by atoms with van der Waals surface area (Å²) in [6.07, 6.45) is 8.58. The van der Waals surface area contributed by atoms with Gasteiger partial charge < -0.3 is 14.4 Å². The highest BCUT2D eigenvalue weighted by Gasteiger charge is 2.30. The molecule has 0 aliphatic heterocycles. The van der Waals surface area contributed by atoms with E-state index in [9.17, 15) is 4.79 Å². The Morgan fingerprint density at radius 1 is 1.20 bits per heavy atom. The fourth-order valence-corrected chi connectivity index (χ4v) is 3.97. The molecule has 1 aromatic carbocycles. The number of benzene rings is 1. The van der Waals surface area contributed by atoms with Crippen molar-refractivity contribution in [3.63, 3.8) is 0 Å². The maximum Gasteiger partial charge on any atom is 0.147 e. The third-order valence-electron chi connectivity index (χ3n) is 5.15. The van der Waals surface area contributed by atoms with Gasteiger partial charge in [-0.1, -0.05) is 12.8 Å². The van der Waals surface area contributed by atoms with Gasteiger partial charge in [0.05, 0.1) is 14.2 Å². The molecule has 1 aliphatic rings. The molecular formula is C21H31NO3. The molecule has 0 aromatic heterocycles. The van der Waals surface area contributed by atoms with Crippen LogP contribution in [-0.4, -0.2) is 39.5 Å². The molecule has 0 heterocycles. The van der Waals surface area contributed by atoms with Crippen molar-refractivity contribution in [1.82, 2.24) is 4.90 Å². The van der Waals surface area contributed by atoms with E-state index in [-0.39, 0.29) is 5.92 Å². The fourth-order valence-electron chi connectivity index (χ4n) is 3.97. The molecule has 4 heteroatoms. The first-order chi connectivity index (χ1) is 12.0. The van der Waals surface area contributed by atoms with E-state index in [1.807, 2.05) is 38.2 Å². The first kappa shape index (κ1) is 19.4. The molecule has 1 aromatic rings. The van der Waals surface area contributed by atoms with Crippen molar-refractivity contribution >= 4 is 6.29 Å². The Hall–Kier alpha value is -1.97. The number of carbonyl (C=O) groups excluding carboxylic acids is 1. The van der Waals surface area contributed by atoms with E-state index >= 15 is 0 Å². The van der Waals surface area contributed by atoms with E-state index in [1.54, 1.807) is 14.2 Å². The summed E-state index contributed by atoms with van der Waals surface area (Å²) in [5, 5.41) is 0. The number of nitrogens with zero attached hydrogens (tertiary/aromatic N) is 1. The summed E-state index contributed by atoms with van der Waals surface area (Å²) in [6.45, 7) is 2.03. The van der Waals surface area contributed by atoms with Crippen LogP contribution < -0.4 is 9.47 Å². The number of hydrogen-bond acceptors (Lipinski definition) is 4. The highest BCUT2D eigenvalue weighted by Crippen LogP contribution is 2.45. The topological polar surface area (TPSA) is 38.8 Å². The van der Waals surface area contributed by atoms with Crippen LogP contribution in [0.4, 0.5) is 0 Å². The van der Waals surface area contributed by atoms with E-state index in [1.165, 1.54) is 25.7 Å². The summed E-state index contributed by atoms with van der Waals surface area (Å²) in [5.74, 6) is 2.61. The van der Waals surface area contributed by atoms with Crippen molar-refractivity contribution in [1.29, 1.82) is 0 Å². The van der Waals surface area contributed by atoms with Gasteiger partial charge in [-0.15, -0.1) is 0 Å². The smallest absolute Gasteiger partial charge is 0.147 e. The average molecular weight is 345 g/mol. The van der Waals surface area contributed by atoms with Crippen LogP contribution in [0.1, 0.15) is 49.1 Å². The number of ether oxygens (including phenoxy) is 2. The molecule has 1 aliphatic carbocycles. The second-order valence-corrected chi connectivity index (χ2v) is 7.20. The molecule has 1 unspecified atom stereocenters. The maximum absolute atomic E-state index is 11.6. The quantitative estimate of drug-likeness (QED) is 0.519. The fraction of sp³-hybridized carbons (Fsp3) is 0.571. The molecule has 0 N–H and O–H groups in total. The largest absolute Gasteiger partial charge is 0.496 e. The van der Waals surface area contributed by atoms with Gasteiger partial charge >= 0.3 is 0 Å². The van der Waals surface area contributed by atoms with Gasteiger partial charge in [0, 0.05) is 31.4 Å². The summed E-state index contributed by atoms with van der Waals surface area (Å²) >= 11 is 0. The minimum Gasteiger partial charge on any atom is -0.496 e. The van der Waals surface area contributed by atoms with Crippen LogP contribution in [0, 0.1) is 12.8 Å². The molecule has 0 radical (unpaired) electrons. The Kier molecular flexibility index (Phi) is 6.91. The predicted molar refractivity (Wildman–Crippen MR) is 101 cm³/mol. The second kappa shape index (κ2) is 8.93. The molecule has 4 nitrogen and oxygen atoms in total. The van der Waals surface area contributed by atoms with Crippen LogP contribution in [0.2, 0.25) is 0 Å². The Labute approximate surface area is 151 Å². The predicted octanol–water partition coefficient (Wildman–Crippen LogP) is 4.32. The minimum absolute atomic E-state index is 0.267. The highest BCUT2D eigenvalue weighted by atomic mass is 16.5. The van der Waals surface area contributed by atoms with Gasteiger partial charge in [0.2, 0.25) is 0 Å². The average Bonchev–Trinajstić information content (AvgIpc) is 3.12. The molecule has 0 spiro atoms. The number of rotatable bonds is 8. The Bertz CT molecular complexity index is 616. The number of allylic oxidation sites excluding steroid dienone is 1. The summed E-state index contributed by atoms with van der Waals surface area (Å²) < 4.78 is 11.2. The molecule has 25 heavy (non-hydrogen) atoms. The van der Waals surface area contributed by atoms with E-state index < -0.39 is 0 Å². The van der Waals surface area contributed by atoms with Gasteiger partial charge in [-0.25, -0.2) is 0 Å². The maximum atomic E-state index is 11.6. The lowest BCUT2D eigenvalue weighted by atomic mass is 9.80. The third-order valence-corrected chi connectivity index (χ3v) is 5.15. The van der Waals surface area contributed by atoms with Gasteiger partial charge in [0.25, 0.3) is 0 Å². The van der Waals surface area contributed by atoms with Crippen molar-refractivity contribution in [2.24, 2.45) is 5.92 Å². The van der Waals surface area contributed by atoms with E-state index in [2.05, 4.69) is 6.07 Å². The molecule has 0 bridgehead atoms. The zero-order valence-corrected chi connectivity index (χ0v) is 16.2. The minimum atomic E-state index is 0.267. The van der Waals surface area contributed by atoms with Gasteiger partial charge in [-0.3, -0.25) is 4.79 Å². The summed E-state index contributed by atoms with van der Waals surface area (Å²) in [5.41, 5.74) is 3.04.